The van der Waals surface area contributed by atoms with E-state index in [1.807, 2.05) is 4.72 Å². The summed E-state index contributed by atoms with van der Waals surface area (Å²) in [6.45, 7) is 2.63. The fourth-order valence-corrected chi connectivity index (χ4v) is 3.18. The lowest BCUT2D eigenvalue weighted by Gasteiger charge is -2.24. The average Bonchev–Trinajstić information content (AvgIpc) is 2.35. The van der Waals surface area contributed by atoms with Gasteiger partial charge in [0.1, 0.15) is 0 Å². The van der Waals surface area contributed by atoms with Gasteiger partial charge in [-0.15, -0.1) is 12.4 Å². The highest BCUT2D eigenvalue weighted by atomic mass is 35.5. The largest absolute Gasteiger partial charge is 0.417 e. The molecule has 0 aliphatic rings. The van der Waals surface area contributed by atoms with Crippen molar-refractivity contribution in [3.63, 3.8) is 0 Å². The molecular formula is C11H15ClF3N3O4S. The Morgan fingerprint density at radius 3 is 2.22 bits per heavy atom. The van der Waals surface area contributed by atoms with E-state index in [9.17, 15) is 31.7 Å². The van der Waals surface area contributed by atoms with Crippen LogP contribution in [0.1, 0.15) is 19.4 Å². The minimum atomic E-state index is -5.07. The van der Waals surface area contributed by atoms with Crippen LogP contribution in [0.25, 0.3) is 0 Å². The van der Waals surface area contributed by atoms with Gasteiger partial charge in [-0.1, -0.05) is 0 Å². The fraction of sp³-hybridized carbons (Fsp3) is 0.455. The molecular weight excluding hydrogens is 363 g/mol. The lowest BCUT2D eigenvalue weighted by molar-refractivity contribution is -0.385. The van der Waals surface area contributed by atoms with Crippen LogP contribution < -0.4 is 10.5 Å². The highest BCUT2D eigenvalue weighted by molar-refractivity contribution is 7.89. The summed E-state index contributed by atoms with van der Waals surface area (Å²) in [6.07, 6.45) is -5.07. The maximum absolute atomic E-state index is 13.0. The maximum atomic E-state index is 13.0. The molecule has 0 atom stereocenters. The number of rotatable bonds is 5. The number of nitro benzene ring substituents is 1. The molecule has 1 aromatic carbocycles. The summed E-state index contributed by atoms with van der Waals surface area (Å²) in [6, 6.07) is 1.43. The van der Waals surface area contributed by atoms with Crippen molar-refractivity contribution in [2.24, 2.45) is 5.73 Å². The number of sulfonamides is 1. The number of non-ortho nitro benzene ring substituents is 1. The topological polar surface area (TPSA) is 115 Å². The van der Waals surface area contributed by atoms with Gasteiger partial charge in [0.2, 0.25) is 10.0 Å². The number of hydrogen-bond donors (Lipinski definition) is 2. The van der Waals surface area contributed by atoms with Crippen LogP contribution in [0, 0.1) is 10.1 Å². The van der Waals surface area contributed by atoms with Crippen molar-refractivity contribution >= 4 is 28.1 Å². The standard InChI is InChI=1S/C11H14F3N3O4S.ClH/c1-10(2,6-15)16-22(20,21)9-4-3-7(17(18)19)5-8(9)11(12,13)14;/h3-5,16H,6,15H2,1-2H3;1H. The molecule has 23 heavy (non-hydrogen) atoms. The SMILES string of the molecule is CC(C)(CN)NS(=O)(=O)c1ccc([N+](=O)[O-])cc1C(F)(F)F.Cl. The number of hydrogen-bond acceptors (Lipinski definition) is 5. The lowest BCUT2D eigenvalue weighted by atomic mass is 10.1. The first-order valence-electron chi connectivity index (χ1n) is 5.90. The smallest absolute Gasteiger partial charge is 0.329 e. The van der Waals surface area contributed by atoms with Crippen LogP contribution in [0.3, 0.4) is 0 Å². The molecule has 12 heteroatoms. The number of nitrogens with two attached hydrogens (primary N) is 1. The number of benzene rings is 1. The van der Waals surface area contributed by atoms with Gasteiger partial charge in [0, 0.05) is 24.2 Å². The van der Waals surface area contributed by atoms with E-state index in [-0.39, 0.29) is 25.0 Å². The van der Waals surface area contributed by atoms with Gasteiger partial charge in [-0.3, -0.25) is 10.1 Å². The molecule has 0 saturated heterocycles. The summed E-state index contributed by atoms with van der Waals surface area (Å²) in [5.41, 5.74) is 1.70. The lowest BCUT2D eigenvalue weighted by Crippen LogP contribution is -2.49. The molecule has 132 valence electrons. The zero-order valence-electron chi connectivity index (χ0n) is 12.0. The van der Waals surface area contributed by atoms with Crippen molar-refractivity contribution in [2.45, 2.75) is 30.5 Å². The summed E-state index contributed by atoms with van der Waals surface area (Å²) < 4.78 is 65.3. The molecule has 0 radical (unpaired) electrons. The Morgan fingerprint density at radius 1 is 1.30 bits per heavy atom. The molecule has 0 heterocycles. The second-order valence-electron chi connectivity index (χ2n) is 5.13. The van der Waals surface area contributed by atoms with E-state index in [4.69, 9.17) is 5.73 Å². The highest BCUT2D eigenvalue weighted by Crippen LogP contribution is 2.36. The quantitative estimate of drug-likeness (QED) is 0.602. The third kappa shape index (κ3) is 5.30. The zero-order chi connectivity index (χ0) is 17.3. The van der Waals surface area contributed by atoms with E-state index in [2.05, 4.69) is 0 Å². The molecule has 1 rings (SSSR count). The van der Waals surface area contributed by atoms with Crippen LogP contribution in [-0.2, 0) is 16.2 Å². The third-order valence-corrected chi connectivity index (χ3v) is 4.45. The molecule has 0 spiro atoms. The van der Waals surface area contributed by atoms with Gasteiger partial charge in [0.05, 0.1) is 15.4 Å². The number of nitrogens with zero attached hydrogens (tertiary/aromatic N) is 1. The van der Waals surface area contributed by atoms with E-state index >= 15 is 0 Å². The molecule has 7 nitrogen and oxygen atoms in total. The van der Waals surface area contributed by atoms with Crippen molar-refractivity contribution < 1.29 is 26.5 Å². The van der Waals surface area contributed by atoms with Crippen molar-refractivity contribution in [3.05, 3.63) is 33.9 Å². The predicted molar refractivity (Wildman–Crippen MR) is 78.8 cm³/mol. The Balaban J connectivity index is 0.00000484. The summed E-state index contributed by atoms with van der Waals surface area (Å²) in [7, 11) is -4.56. The summed E-state index contributed by atoms with van der Waals surface area (Å²) in [4.78, 5) is 8.44. The molecule has 0 aliphatic heterocycles. The van der Waals surface area contributed by atoms with E-state index in [0.29, 0.717) is 12.1 Å². The number of halogens is 4. The second kappa shape index (κ2) is 6.99. The van der Waals surface area contributed by atoms with E-state index in [0.717, 1.165) is 0 Å². The Kier molecular flexibility index (Phi) is 6.56. The normalized spacial score (nSPS) is 12.6. The monoisotopic (exact) mass is 377 g/mol. The zero-order valence-corrected chi connectivity index (χ0v) is 13.7. The van der Waals surface area contributed by atoms with Crippen LogP contribution in [0.5, 0.6) is 0 Å². The van der Waals surface area contributed by atoms with Crippen molar-refractivity contribution in [3.8, 4) is 0 Å². The Labute approximate surface area is 136 Å². The fourth-order valence-electron chi connectivity index (χ4n) is 1.55. The summed E-state index contributed by atoms with van der Waals surface area (Å²) in [5, 5.41) is 10.6. The Bertz CT molecular complexity index is 692. The first-order chi connectivity index (χ1) is 9.80. The molecule has 3 N–H and O–H groups in total. The summed E-state index contributed by atoms with van der Waals surface area (Å²) >= 11 is 0. The molecule has 0 amide bonds. The average molecular weight is 378 g/mol. The molecule has 0 bridgehead atoms. The molecule has 0 fully saturated rings. The van der Waals surface area contributed by atoms with E-state index in [1.54, 1.807) is 0 Å². The minimum absolute atomic E-state index is 0. The van der Waals surface area contributed by atoms with Crippen molar-refractivity contribution in [1.82, 2.24) is 4.72 Å². The maximum Gasteiger partial charge on any atom is 0.417 e. The molecule has 1 aromatic rings. The van der Waals surface area contributed by atoms with Crippen LogP contribution >= 0.6 is 12.4 Å². The van der Waals surface area contributed by atoms with Crippen molar-refractivity contribution in [2.75, 3.05) is 6.54 Å². The molecule has 0 unspecified atom stereocenters. The van der Waals surface area contributed by atoms with Crippen LogP contribution in [0.2, 0.25) is 0 Å². The van der Waals surface area contributed by atoms with Gasteiger partial charge in [-0.25, -0.2) is 13.1 Å². The molecule has 0 aliphatic carbocycles. The molecule has 0 saturated carbocycles. The summed E-state index contributed by atoms with van der Waals surface area (Å²) in [5.74, 6) is 0. The number of alkyl halides is 3. The number of nitrogens with one attached hydrogen (secondary N) is 1. The second-order valence-corrected chi connectivity index (χ2v) is 6.78. The van der Waals surface area contributed by atoms with Crippen LogP contribution in [0.15, 0.2) is 23.1 Å². The van der Waals surface area contributed by atoms with Gasteiger partial charge in [-0.05, 0) is 19.9 Å². The van der Waals surface area contributed by atoms with Crippen molar-refractivity contribution in [1.29, 1.82) is 0 Å². The molecule has 0 aromatic heterocycles. The Morgan fingerprint density at radius 2 is 1.83 bits per heavy atom. The van der Waals surface area contributed by atoms with Crippen LogP contribution in [-0.4, -0.2) is 25.4 Å². The first kappa shape index (κ1) is 21.6. The Hall–Kier alpha value is -1.43. The van der Waals surface area contributed by atoms with Gasteiger partial charge < -0.3 is 5.73 Å². The van der Waals surface area contributed by atoms with E-state index < -0.39 is 42.8 Å². The predicted octanol–water partition coefficient (Wildman–Crippen LogP) is 2.05. The minimum Gasteiger partial charge on any atom is -0.329 e. The highest BCUT2D eigenvalue weighted by Gasteiger charge is 2.39. The van der Waals surface area contributed by atoms with E-state index in [1.165, 1.54) is 13.8 Å². The van der Waals surface area contributed by atoms with Gasteiger partial charge >= 0.3 is 6.18 Å². The van der Waals surface area contributed by atoms with Crippen LogP contribution in [0.4, 0.5) is 18.9 Å². The first-order valence-corrected chi connectivity index (χ1v) is 7.38. The van der Waals surface area contributed by atoms with Gasteiger partial charge in [0.25, 0.3) is 5.69 Å². The van der Waals surface area contributed by atoms with Gasteiger partial charge in [-0.2, -0.15) is 13.2 Å². The number of nitro groups is 1. The van der Waals surface area contributed by atoms with Gasteiger partial charge in [0.15, 0.2) is 0 Å². The third-order valence-electron chi connectivity index (χ3n) is 2.69.